The summed E-state index contributed by atoms with van der Waals surface area (Å²) in [7, 11) is 1.38. The van der Waals surface area contributed by atoms with Crippen LogP contribution in [0, 0.1) is 0 Å². The molecule has 7 nitrogen and oxygen atoms in total. The number of methoxy groups -OCH3 is 1. The average Bonchev–Trinajstić information content (AvgIpc) is 2.93. The molecule has 0 unspecified atom stereocenters. The van der Waals surface area contributed by atoms with Crippen molar-refractivity contribution in [2.45, 2.75) is 11.8 Å². The Morgan fingerprint density at radius 3 is 2.21 bits per heavy atom. The molecule has 3 rings (SSSR count). The number of amides is 4. The summed E-state index contributed by atoms with van der Waals surface area (Å²) in [6.45, 7) is 0. The molecule has 1 aliphatic heterocycles. The predicted molar refractivity (Wildman–Crippen MR) is 96.7 cm³/mol. The van der Waals surface area contributed by atoms with Crippen LogP contribution in [0.4, 0.5) is 23.7 Å². The van der Waals surface area contributed by atoms with Crippen molar-refractivity contribution in [3.05, 3.63) is 59.1 Å². The first-order valence-electron chi connectivity index (χ1n) is 8.04. The lowest BCUT2D eigenvalue weighted by atomic mass is 10.1. The number of hydrogen-bond acceptors (Lipinski definition) is 4. The maximum atomic E-state index is 13.9. The van der Waals surface area contributed by atoms with Crippen LogP contribution in [-0.4, -0.2) is 36.8 Å². The van der Waals surface area contributed by atoms with E-state index in [4.69, 9.17) is 16.3 Å². The third kappa shape index (κ3) is 3.58. The number of nitrogens with zero attached hydrogens (tertiary/aromatic N) is 1. The third-order valence-electron chi connectivity index (χ3n) is 4.18. The molecule has 2 N–H and O–H groups in total. The maximum absolute atomic E-state index is 13.9. The van der Waals surface area contributed by atoms with E-state index in [-0.39, 0.29) is 21.2 Å². The molecule has 152 valence electrons. The number of imide groups is 1. The second-order valence-electron chi connectivity index (χ2n) is 5.98. The Morgan fingerprint density at radius 1 is 1.10 bits per heavy atom. The summed E-state index contributed by atoms with van der Waals surface area (Å²) < 4.78 is 46.5. The molecular weight excluding hydrogens is 415 g/mol. The molecule has 4 amide bonds. The Morgan fingerprint density at radius 2 is 1.69 bits per heavy atom. The van der Waals surface area contributed by atoms with Gasteiger partial charge in [-0.1, -0.05) is 11.6 Å². The lowest BCUT2D eigenvalue weighted by Gasteiger charge is -2.29. The standard InChI is InChI=1S/C18H13ClF3N3O4/c1-29-13-8-2-10(3-9-13)14(26)23-17(18(20,21)22)15(27)25(16(28)24-17)12-6-4-11(19)5-7-12/h2-9H,1H3,(H,23,26)(H,24,28)/t17-/m1/s1. The molecule has 0 spiro atoms. The van der Waals surface area contributed by atoms with Gasteiger partial charge in [0.2, 0.25) is 0 Å². The predicted octanol–water partition coefficient (Wildman–Crippen LogP) is 3.09. The molecule has 2 aromatic rings. The van der Waals surface area contributed by atoms with Crippen LogP contribution >= 0.6 is 11.6 Å². The first kappa shape index (κ1) is 20.5. The Labute approximate surface area is 167 Å². The Kier molecular flexibility index (Phi) is 5.14. The molecule has 0 aliphatic carbocycles. The summed E-state index contributed by atoms with van der Waals surface area (Å²) in [5.41, 5.74) is -3.93. The molecule has 2 aromatic carbocycles. The van der Waals surface area contributed by atoms with E-state index in [0.29, 0.717) is 5.75 Å². The van der Waals surface area contributed by atoms with Crippen molar-refractivity contribution in [1.29, 1.82) is 0 Å². The SMILES string of the molecule is COc1ccc(C(=O)N[C@@]2(C(F)(F)F)NC(=O)N(c3ccc(Cl)cc3)C2=O)cc1. The van der Waals surface area contributed by atoms with Crippen LogP contribution < -0.4 is 20.3 Å². The van der Waals surface area contributed by atoms with E-state index in [1.54, 1.807) is 10.6 Å². The molecule has 29 heavy (non-hydrogen) atoms. The Hall–Kier alpha value is -3.27. The van der Waals surface area contributed by atoms with Crippen molar-refractivity contribution >= 4 is 35.1 Å². The Balaban J connectivity index is 1.96. The van der Waals surface area contributed by atoms with Crippen molar-refractivity contribution < 1.29 is 32.3 Å². The number of nitrogens with one attached hydrogen (secondary N) is 2. The summed E-state index contributed by atoms with van der Waals surface area (Å²) in [5.74, 6) is -2.53. The zero-order valence-corrected chi connectivity index (χ0v) is 15.5. The van der Waals surface area contributed by atoms with Crippen molar-refractivity contribution in [1.82, 2.24) is 10.6 Å². The molecule has 0 radical (unpaired) electrons. The molecule has 1 aliphatic rings. The summed E-state index contributed by atoms with van der Waals surface area (Å²) in [4.78, 5) is 37.6. The number of alkyl halides is 3. The van der Waals surface area contributed by atoms with Crippen molar-refractivity contribution in [3.8, 4) is 5.75 Å². The largest absolute Gasteiger partial charge is 0.497 e. The highest BCUT2D eigenvalue weighted by molar-refractivity contribution is 6.31. The van der Waals surface area contributed by atoms with E-state index in [1.807, 2.05) is 0 Å². The van der Waals surface area contributed by atoms with Gasteiger partial charge in [0.25, 0.3) is 17.5 Å². The van der Waals surface area contributed by atoms with Crippen LogP contribution in [0.5, 0.6) is 5.75 Å². The number of anilines is 1. The number of urea groups is 1. The number of ether oxygens (including phenoxy) is 1. The van der Waals surface area contributed by atoms with Gasteiger partial charge in [-0.3, -0.25) is 14.9 Å². The zero-order valence-electron chi connectivity index (χ0n) is 14.7. The van der Waals surface area contributed by atoms with Gasteiger partial charge in [0, 0.05) is 10.6 Å². The molecular formula is C18H13ClF3N3O4. The second-order valence-corrected chi connectivity index (χ2v) is 6.41. The molecule has 1 saturated heterocycles. The third-order valence-corrected chi connectivity index (χ3v) is 4.44. The van der Waals surface area contributed by atoms with Gasteiger partial charge in [0.15, 0.2) is 0 Å². The van der Waals surface area contributed by atoms with Gasteiger partial charge in [0.1, 0.15) is 5.75 Å². The first-order valence-corrected chi connectivity index (χ1v) is 8.42. The van der Waals surface area contributed by atoms with Gasteiger partial charge >= 0.3 is 12.2 Å². The zero-order chi connectivity index (χ0) is 21.4. The molecule has 0 aromatic heterocycles. The van der Waals surface area contributed by atoms with Crippen molar-refractivity contribution in [2.24, 2.45) is 0 Å². The molecule has 1 heterocycles. The van der Waals surface area contributed by atoms with E-state index in [2.05, 4.69) is 0 Å². The minimum Gasteiger partial charge on any atom is -0.497 e. The highest BCUT2D eigenvalue weighted by atomic mass is 35.5. The number of benzene rings is 2. The topological polar surface area (TPSA) is 87.7 Å². The van der Waals surface area contributed by atoms with Gasteiger partial charge in [-0.15, -0.1) is 0 Å². The van der Waals surface area contributed by atoms with Crippen LogP contribution in [0.15, 0.2) is 48.5 Å². The van der Waals surface area contributed by atoms with Crippen molar-refractivity contribution in [3.63, 3.8) is 0 Å². The number of rotatable bonds is 4. The number of halogens is 4. The van der Waals surface area contributed by atoms with Crippen molar-refractivity contribution in [2.75, 3.05) is 12.0 Å². The van der Waals surface area contributed by atoms with Crippen LogP contribution in [0.3, 0.4) is 0 Å². The van der Waals surface area contributed by atoms with Crippen LogP contribution in [0.25, 0.3) is 0 Å². The van der Waals surface area contributed by atoms with Crippen LogP contribution in [0.2, 0.25) is 5.02 Å². The monoisotopic (exact) mass is 427 g/mol. The normalized spacial score (nSPS) is 19.1. The van der Waals surface area contributed by atoms with E-state index in [9.17, 15) is 27.6 Å². The van der Waals surface area contributed by atoms with Crippen LogP contribution in [-0.2, 0) is 4.79 Å². The maximum Gasteiger partial charge on any atom is 0.440 e. The minimum absolute atomic E-state index is 0.137. The number of carbonyl (C=O) groups excluding carboxylic acids is 3. The first-order chi connectivity index (χ1) is 13.6. The molecule has 1 atom stereocenters. The van der Waals surface area contributed by atoms with E-state index in [0.717, 1.165) is 0 Å². The van der Waals surface area contributed by atoms with Crippen LogP contribution in [0.1, 0.15) is 10.4 Å². The summed E-state index contributed by atoms with van der Waals surface area (Å²) in [6, 6.07) is 8.85. The van der Waals surface area contributed by atoms with Gasteiger partial charge < -0.3 is 10.1 Å². The minimum atomic E-state index is -5.32. The molecule has 0 saturated carbocycles. The Bertz CT molecular complexity index is 964. The van der Waals surface area contributed by atoms with Gasteiger partial charge in [0.05, 0.1) is 12.8 Å². The number of hydrogen-bond donors (Lipinski definition) is 2. The highest BCUT2D eigenvalue weighted by Crippen LogP contribution is 2.36. The molecule has 1 fully saturated rings. The fraction of sp³-hybridized carbons (Fsp3) is 0.167. The lowest BCUT2D eigenvalue weighted by molar-refractivity contribution is -0.197. The average molecular weight is 428 g/mol. The highest BCUT2D eigenvalue weighted by Gasteiger charge is 2.69. The summed E-state index contributed by atoms with van der Waals surface area (Å²) in [6.07, 6.45) is -5.32. The fourth-order valence-electron chi connectivity index (χ4n) is 2.69. The van der Waals surface area contributed by atoms with Gasteiger partial charge in [-0.05, 0) is 48.5 Å². The lowest BCUT2D eigenvalue weighted by Crippen LogP contribution is -2.69. The van der Waals surface area contributed by atoms with Gasteiger partial charge in [-0.2, -0.15) is 13.2 Å². The molecule has 11 heteroatoms. The summed E-state index contributed by atoms with van der Waals surface area (Å²) >= 11 is 5.73. The fourth-order valence-corrected chi connectivity index (χ4v) is 2.81. The van der Waals surface area contributed by atoms with E-state index in [1.165, 1.54) is 55.6 Å². The second kappa shape index (κ2) is 7.28. The van der Waals surface area contributed by atoms with E-state index >= 15 is 0 Å². The molecule has 0 bridgehead atoms. The van der Waals surface area contributed by atoms with Gasteiger partial charge in [-0.25, -0.2) is 9.69 Å². The number of carbonyl (C=O) groups is 3. The smallest absolute Gasteiger partial charge is 0.440 e. The summed E-state index contributed by atoms with van der Waals surface area (Å²) in [5, 5.41) is 3.45. The van der Waals surface area contributed by atoms with E-state index < -0.39 is 29.7 Å². The quantitative estimate of drug-likeness (QED) is 0.734.